The molecular weight excluding hydrogens is 340 g/mol. The van der Waals surface area contributed by atoms with Crippen molar-refractivity contribution in [2.24, 2.45) is 0 Å². The molecule has 0 bridgehead atoms. The molecule has 0 aliphatic carbocycles. The second-order valence-electron chi connectivity index (χ2n) is 8.37. The minimum absolute atomic E-state index is 0.598. The van der Waals surface area contributed by atoms with E-state index in [1.54, 1.807) is 0 Å². The summed E-state index contributed by atoms with van der Waals surface area (Å²) in [6.07, 6.45) is 2.59. The number of rotatable bonds is 4. The minimum Gasteiger partial charge on any atom is -0.299 e. The van der Waals surface area contributed by atoms with Crippen LogP contribution < -0.4 is 0 Å². The zero-order valence-electron chi connectivity index (χ0n) is 16.6. The fraction of sp³-hybridized carbons (Fsp3) is 0.308. The standard InChI is InChI=1S/C26H28N2/c1-27-16-4-7-26(27)23-14-12-22(13-15-23)21-10-8-20(9-11-21)17-28-18-24-5-2-3-6-25(24)19-28/h2-3,5-6,8-15,26H,4,7,16-19H2,1H3. The van der Waals surface area contributed by atoms with E-state index in [0.717, 1.165) is 19.6 Å². The van der Waals surface area contributed by atoms with Crippen LogP contribution in [0.1, 0.15) is 41.1 Å². The average Bonchev–Trinajstić information content (AvgIpc) is 3.34. The number of likely N-dealkylation sites (tertiary alicyclic amines) is 1. The van der Waals surface area contributed by atoms with Crippen molar-refractivity contribution < 1.29 is 0 Å². The number of fused-ring (bicyclic) bond motifs is 1. The molecule has 3 aromatic carbocycles. The lowest BCUT2D eigenvalue weighted by atomic mass is 9.99. The smallest absolute Gasteiger partial charge is 0.0345 e. The molecule has 2 nitrogen and oxygen atoms in total. The van der Waals surface area contributed by atoms with Crippen LogP contribution in [0.5, 0.6) is 0 Å². The molecule has 2 aliphatic rings. The number of benzene rings is 3. The maximum absolute atomic E-state index is 2.52. The van der Waals surface area contributed by atoms with Crippen LogP contribution in [0.25, 0.3) is 11.1 Å². The second-order valence-corrected chi connectivity index (χ2v) is 8.37. The molecule has 1 fully saturated rings. The lowest BCUT2D eigenvalue weighted by Crippen LogP contribution is -2.17. The van der Waals surface area contributed by atoms with E-state index in [9.17, 15) is 0 Å². The molecule has 0 N–H and O–H groups in total. The average molecular weight is 369 g/mol. The molecule has 28 heavy (non-hydrogen) atoms. The molecule has 2 heterocycles. The summed E-state index contributed by atoms with van der Waals surface area (Å²) in [5.74, 6) is 0. The molecule has 0 aromatic heterocycles. The van der Waals surface area contributed by atoms with Crippen LogP contribution in [0.4, 0.5) is 0 Å². The molecule has 0 amide bonds. The van der Waals surface area contributed by atoms with Gasteiger partial charge in [-0.25, -0.2) is 0 Å². The summed E-state index contributed by atoms with van der Waals surface area (Å²) >= 11 is 0. The molecule has 3 aromatic rings. The summed E-state index contributed by atoms with van der Waals surface area (Å²) < 4.78 is 0. The minimum atomic E-state index is 0.598. The summed E-state index contributed by atoms with van der Waals surface area (Å²) in [4.78, 5) is 4.99. The number of hydrogen-bond acceptors (Lipinski definition) is 2. The van der Waals surface area contributed by atoms with Crippen molar-refractivity contribution in [1.29, 1.82) is 0 Å². The molecule has 1 atom stereocenters. The largest absolute Gasteiger partial charge is 0.299 e. The molecule has 142 valence electrons. The summed E-state index contributed by atoms with van der Waals surface area (Å²) in [6, 6.07) is 27.7. The quantitative estimate of drug-likeness (QED) is 0.588. The van der Waals surface area contributed by atoms with Crippen molar-refractivity contribution in [2.75, 3.05) is 13.6 Å². The molecule has 1 saturated heterocycles. The van der Waals surface area contributed by atoms with Gasteiger partial charge in [-0.05, 0) is 59.8 Å². The highest BCUT2D eigenvalue weighted by molar-refractivity contribution is 5.64. The Bertz CT molecular complexity index is 918. The first-order valence-electron chi connectivity index (χ1n) is 10.4. The van der Waals surface area contributed by atoms with Crippen LogP contribution in [0.3, 0.4) is 0 Å². The van der Waals surface area contributed by atoms with Crippen LogP contribution in [0.2, 0.25) is 0 Å². The summed E-state index contributed by atoms with van der Waals surface area (Å²) in [5.41, 5.74) is 8.42. The topological polar surface area (TPSA) is 6.48 Å². The molecular formula is C26H28N2. The van der Waals surface area contributed by atoms with Gasteiger partial charge in [0, 0.05) is 25.7 Å². The predicted octanol–water partition coefficient (Wildman–Crippen LogP) is 5.64. The summed E-state index contributed by atoms with van der Waals surface area (Å²) in [7, 11) is 2.24. The van der Waals surface area contributed by atoms with E-state index in [2.05, 4.69) is 89.6 Å². The monoisotopic (exact) mass is 368 g/mol. The number of nitrogens with zero attached hydrogens (tertiary/aromatic N) is 2. The summed E-state index contributed by atoms with van der Waals surface area (Å²) in [6.45, 7) is 4.36. The maximum Gasteiger partial charge on any atom is 0.0345 e. The lowest BCUT2D eigenvalue weighted by Gasteiger charge is -2.20. The molecule has 2 heteroatoms. The van der Waals surface area contributed by atoms with Gasteiger partial charge in [0.25, 0.3) is 0 Å². The molecule has 0 radical (unpaired) electrons. The predicted molar refractivity (Wildman–Crippen MR) is 116 cm³/mol. The van der Waals surface area contributed by atoms with E-state index >= 15 is 0 Å². The van der Waals surface area contributed by atoms with E-state index < -0.39 is 0 Å². The van der Waals surface area contributed by atoms with Crippen LogP contribution in [-0.4, -0.2) is 23.4 Å². The van der Waals surface area contributed by atoms with Gasteiger partial charge in [0.15, 0.2) is 0 Å². The van der Waals surface area contributed by atoms with Crippen LogP contribution in [-0.2, 0) is 19.6 Å². The van der Waals surface area contributed by atoms with Crippen molar-refractivity contribution in [3.8, 4) is 11.1 Å². The molecule has 1 unspecified atom stereocenters. The SMILES string of the molecule is CN1CCCC1c1ccc(-c2ccc(CN3Cc4ccccc4C3)cc2)cc1. The van der Waals surface area contributed by atoms with E-state index in [-0.39, 0.29) is 0 Å². The van der Waals surface area contributed by atoms with E-state index in [1.807, 2.05) is 0 Å². The van der Waals surface area contributed by atoms with Gasteiger partial charge < -0.3 is 0 Å². The molecule has 0 saturated carbocycles. The first kappa shape index (κ1) is 17.7. The Morgan fingerprint density at radius 1 is 0.786 bits per heavy atom. The Morgan fingerprint density at radius 3 is 1.96 bits per heavy atom. The van der Waals surface area contributed by atoms with Gasteiger partial charge in [-0.15, -0.1) is 0 Å². The van der Waals surface area contributed by atoms with Crippen molar-refractivity contribution in [1.82, 2.24) is 9.80 Å². The molecule has 0 spiro atoms. The lowest BCUT2D eigenvalue weighted by molar-refractivity contribution is 0.275. The normalized spacial score (nSPS) is 19.8. The van der Waals surface area contributed by atoms with Crippen molar-refractivity contribution in [2.45, 2.75) is 38.5 Å². The molecule has 2 aliphatic heterocycles. The zero-order chi connectivity index (χ0) is 18.9. The van der Waals surface area contributed by atoms with Gasteiger partial charge in [-0.3, -0.25) is 9.80 Å². The van der Waals surface area contributed by atoms with Gasteiger partial charge in [-0.2, -0.15) is 0 Å². The highest BCUT2D eigenvalue weighted by Crippen LogP contribution is 2.32. The Balaban J connectivity index is 1.25. The fourth-order valence-electron chi connectivity index (χ4n) is 4.81. The van der Waals surface area contributed by atoms with Gasteiger partial charge in [0.2, 0.25) is 0 Å². The van der Waals surface area contributed by atoms with E-state index in [1.165, 1.54) is 52.8 Å². The highest BCUT2D eigenvalue weighted by Gasteiger charge is 2.22. The Hall–Kier alpha value is -2.42. The Kier molecular flexibility index (Phi) is 4.76. The van der Waals surface area contributed by atoms with E-state index in [0.29, 0.717) is 6.04 Å². The number of hydrogen-bond donors (Lipinski definition) is 0. The van der Waals surface area contributed by atoms with Gasteiger partial charge in [0.05, 0.1) is 0 Å². The van der Waals surface area contributed by atoms with Gasteiger partial charge in [-0.1, -0.05) is 72.8 Å². The first-order valence-corrected chi connectivity index (χ1v) is 10.4. The summed E-state index contributed by atoms with van der Waals surface area (Å²) in [5, 5.41) is 0. The fourth-order valence-corrected chi connectivity index (χ4v) is 4.81. The van der Waals surface area contributed by atoms with Gasteiger partial charge in [0.1, 0.15) is 0 Å². The molecule has 5 rings (SSSR count). The second kappa shape index (κ2) is 7.54. The third-order valence-corrected chi connectivity index (χ3v) is 6.42. The van der Waals surface area contributed by atoms with Crippen molar-refractivity contribution in [3.63, 3.8) is 0 Å². The highest BCUT2D eigenvalue weighted by atomic mass is 15.1. The zero-order valence-corrected chi connectivity index (χ0v) is 16.6. The Labute approximate surface area is 168 Å². The van der Waals surface area contributed by atoms with E-state index in [4.69, 9.17) is 0 Å². The van der Waals surface area contributed by atoms with Crippen LogP contribution in [0, 0.1) is 0 Å². The first-order chi connectivity index (χ1) is 13.8. The Morgan fingerprint density at radius 2 is 1.39 bits per heavy atom. The van der Waals surface area contributed by atoms with Gasteiger partial charge >= 0.3 is 0 Å². The maximum atomic E-state index is 2.52. The van der Waals surface area contributed by atoms with Crippen molar-refractivity contribution >= 4 is 0 Å². The van der Waals surface area contributed by atoms with Crippen LogP contribution in [0.15, 0.2) is 72.8 Å². The third kappa shape index (κ3) is 3.50. The third-order valence-electron chi connectivity index (χ3n) is 6.42. The van der Waals surface area contributed by atoms with Crippen molar-refractivity contribution in [3.05, 3.63) is 95.1 Å². The van der Waals surface area contributed by atoms with Crippen LogP contribution >= 0.6 is 0 Å².